The first-order chi connectivity index (χ1) is 8.58. The van der Waals surface area contributed by atoms with Gasteiger partial charge in [0.15, 0.2) is 0 Å². The lowest BCUT2D eigenvalue weighted by Gasteiger charge is -2.42. The van der Waals surface area contributed by atoms with Gasteiger partial charge in [0.2, 0.25) is 0 Å². The van der Waals surface area contributed by atoms with Gasteiger partial charge in [0.25, 0.3) is 0 Å². The fraction of sp³-hybridized carbons (Fsp3) is 0.600. The highest BCUT2D eigenvalue weighted by Crippen LogP contribution is 2.39. The molecule has 0 heterocycles. The minimum atomic E-state index is 0.197. The van der Waals surface area contributed by atoms with E-state index in [1.807, 2.05) is 0 Å². The van der Waals surface area contributed by atoms with Gasteiger partial charge in [-0.25, -0.2) is 0 Å². The van der Waals surface area contributed by atoms with Gasteiger partial charge in [-0.05, 0) is 43.5 Å². The van der Waals surface area contributed by atoms with Crippen LogP contribution in [0, 0.1) is 5.92 Å². The van der Waals surface area contributed by atoms with Crippen LogP contribution in [0.5, 0.6) is 0 Å². The van der Waals surface area contributed by atoms with Gasteiger partial charge in [-0.3, -0.25) is 4.90 Å². The third-order valence-corrected chi connectivity index (χ3v) is 5.08. The summed E-state index contributed by atoms with van der Waals surface area (Å²) in [5.41, 5.74) is 7.64. The number of nitrogens with zero attached hydrogens (tertiary/aromatic N) is 1. The van der Waals surface area contributed by atoms with Crippen LogP contribution < -0.4 is 5.73 Å². The Kier molecular flexibility index (Phi) is 4.46. The molecule has 100 valence electrons. The molecule has 0 bridgehead atoms. The zero-order chi connectivity index (χ0) is 13.2. The molecule has 1 fully saturated rings. The number of hydrogen-bond donors (Lipinski definition) is 1. The van der Waals surface area contributed by atoms with Crippen molar-refractivity contribution in [3.8, 4) is 0 Å². The van der Waals surface area contributed by atoms with Crippen LogP contribution in [0.2, 0.25) is 0 Å². The molecule has 0 spiro atoms. The molecule has 0 aromatic heterocycles. The number of nitrogens with two attached hydrogens (primary N) is 1. The highest BCUT2D eigenvalue weighted by molar-refractivity contribution is 9.10. The molecule has 2 unspecified atom stereocenters. The van der Waals surface area contributed by atoms with E-state index < -0.39 is 0 Å². The van der Waals surface area contributed by atoms with Crippen molar-refractivity contribution in [2.75, 3.05) is 13.6 Å². The minimum absolute atomic E-state index is 0.197. The molecule has 0 radical (unpaired) electrons. The second kappa shape index (κ2) is 5.72. The predicted octanol–water partition coefficient (Wildman–Crippen LogP) is 3.40. The van der Waals surface area contributed by atoms with Gasteiger partial charge in [0, 0.05) is 23.1 Å². The van der Waals surface area contributed by atoms with Crippen LogP contribution in [-0.2, 0) is 6.54 Å². The Labute approximate surface area is 119 Å². The molecule has 0 amide bonds. The molecule has 1 saturated carbocycles. The molecule has 2 rings (SSSR count). The molecule has 2 nitrogen and oxygen atoms in total. The first-order valence-electron chi connectivity index (χ1n) is 6.74. The zero-order valence-electron chi connectivity index (χ0n) is 11.3. The Balaban J connectivity index is 2.13. The predicted molar refractivity (Wildman–Crippen MR) is 80.4 cm³/mol. The van der Waals surface area contributed by atoms with Crippen LogP contribution in [0.25, 0.3) is 0 Å². The second-order valence-electron chi connectivity index (χ2n) is 5.59. The van der Waals surface area contributed by atoms with Gasteiger partial charge in [-0.2, -0.15) is 0 Å². The molecule has 1 aliphatic carbocycles. The summed E-state index contributed by atoms with van der Waals surface area (Å²) in [7, 11) is 2.22. The summed E-state index contributed by atoms with van der Waals surface area (Å²) in [6.45, 7) is 4.08. The summed E-state index contributed by atoms with van der Waals surface area (Å²) in [5.74, 6) is 0.694. The summed E-state index contributed by atoms with van der Waals surface area (Å²) in [6.07, 6.45) is 3.84. The summed E-state index contributed by atoms with van der Waals surface area (Å²) >= 11 is 3.53. The molecule has 1 aromatic carbocycles. The third-order valence-electron chi connectivity index (χ3n) is 4.59. The molecule has 1 aliphatic rings. The topological polar surface area (TPSA) is 29.3 Å². The lowest BCUT2D eigenvalue weighted by molar-refractivity contribution is 0.0841. The normalized spacial score (nSPS) is 27.9. The van der Waals surface area contributed by atoms with E-state index in [-0.39, 0.29) is 5.54 Å². The molecule has 18 heavy (non-hydrogen) atoms. The highest BCUT2D eigenvalue weighted by Gasteiger charge is 2.42. The van der Waals surface area contributed by atoms with Crippen LogP contribution in [0.1, 0.15) is 31.7 Å². The van der Waals surface area contributed by atoms with E-state index in [1.165, 1.54) is 24.8 Å². The second-order valence-corrected chi connectivity index (χ2v) is 6.50. The average Bonchev–Trinajstić information content (AvgIpc) is 2.71. The van der Waals surface area contributed by atoms with Crippen LogP contribution in [0.15, 0.2) is 28.7 Å². The van der Waals surface area contributed by atoms with Gasteiger partial charge in [0.1, 0.15) is 0 Å². The van der Waals surface area contributed by atoms with E-state index in [9.17, 15) is 0 Å². The van der Waals surface area contributed by atoms with Crippen molar-refractivity contribution in [3.05, 3.63) is 34.3 Å². The van der Waals surface area contributed by atoms with E-state index in [2.05, 4.69) is 59.1 Å². The van der Waals surface area contributed by atoms with Crippen molar-refractivity contribution in [1.82, 2.24) is 4.90 Å². The fourth-order valence-electron chi connectivity index (χ4n) is 3.32. The van der Waals surface area contributed by atoms with Crippen LogP contribution in [0.3, 0.4) is 0 Å². The Morgan fingerprint density at radius 3 is 2.83 bits per heavy atom. The minimum Gasteiger partial charge on any atom is -0.329 e. The van der Waals surface area contributed by atoms with Crippen molar-refractivity contribution in [3.63, 3.8) is 0 Å². The van der Waals surface area contributed by atoms with E-state index in [1.54, 1.807) is 0 Å². The SMILES string of the molecule is CC1CCCC1(CN)N(C)Cc1cccc(Br)c1. The average molecular weight is 311 g/mol. The lowest BCUT2D eigenvalue weighted by Crippen LogP contribution is -2.53. The van der Waals surface area contributed by atoms with E-state index in [0.29, 0.717) is 5.92 Å². The standard InChI is InChI=1S/C15H23BrN2/c1-12-5-4-8-15(12,11-17)18(2)10-13-6-3-7-14(16)9-13/h3,6-7,9,12H,4-5,8,10-11,17H2,1-2H3. The Hall–Kier alpha value is -0.380. The number of hydrogen-bond acceptors (Lipinski definition) is 2. The zero-order valence-corrected chi connectivity index (χ0v) is 12.9. The molecular formula is C15H23BrN2. The molecule has 0 saturated heterocycles. The number of halogens is 1. The molecule has 2 atom stereocenters. The van der Waals surface area contributed by atoms with Gasteiger partial charge >= 0.3 is 0 Å². The van der Waals surface area contributed by atoms with Crippen LogP contribution in [-0.4, -0.2) is 24.0 Å². The van der Waals surface area contributed by atoms with E-state index in [4.69, 9.17) is 5.73 Å². The third kappa shape index (κ3) is 2.63. The quantitative estimate of drug-likeness (QED) is 0.923. The maximum Gasteiger partial charge on any atom is 0.0357 e. The molecule has 2 N–H and O–H groups in total. The fourth-order valence-corrected chi connectivity index (χ4v) is 3.77. The van der Waals surface area contributed by atoms with Crippen molar-refractivity contribution in [1.29, 1.82) is 0 Å². The van der Waals surface area contributed by atoms with Crippen molar-refractivity contribution in [2.24, 2.45) is 11.7 Å². The van der Waals surface area contributed by atoms with Crippen LogP contribution in [0.4, 0.5) is 0 Å². The van der Waals surface area contributed by atoms with E-state index in [0.717, 1.165) is 17.6 Å². The maximum absolute atomic E-state index is 6.09. The highest BCUT2D eigenvalue weighted by atomic mass is 79.9. The summed E-state index contributed by atoms with van der Waals surface area (Å²) in [6, 6.07) is 8.55. The number of rotatable bonds is 4. The Bertz CT molecular complexity index is 407. The van der Waals surface area contributed by atoms with Gasteiger partial charge in [0.05, 0.1) is 0 Å². The Morgan fingerprint density at radius 1 is 1.50 bits per heavy atom. The largest absolute Gasteiger partial charge is 0.329 e. The van der Waals surface area contributed by atoms with Crippen LogP contribution >= 0.6 is 15.9 Å². The Morgan fingerprint density at radius 2 is 2.28 bits per heavy atom. The monoisotopic (exact) mass is 310 g/mol. The number of likely N-dealkylation sites (N-methyl/N-ethyl adjacent to an activating group) is 1. The first-order valence-corrected chi connectivity index (χ1v) is 7.53. The molecule has 3 heteroatoms. The van der Waals surface area contributed by atoms with Crippen molar-refractivity contribution >= 4 is 15.9 Å². The van der Waals surface area contributed by atoms with Crippen molar-refractivity contribution in [2.45, 2.75) is 38.3 Å². The summed E-state index contributed by atoms with van der Waals surface area (Å²) < 4.78 is 1.15. The molecule has 1 aromatic rings. The summed E-state index contributed by atoms with van der Waals surface area (Å²) in [4.78, 5) is 2.46. The lowest BCUT2D eigenvalue weighted by atomic mass is 9.86. The first kappa shape index (κ1) is 14.0. The maximum atomic E-state index is 6.09. The smallest absolute Gasteiger partial charge is 0.0357 e. The summed E-state index contributed by atoms with van der Waals surface area (Å²) in [5, 5.41) is 0. The molecule has 0 aliphatic heterocycles. The van der Waals surface area contributed by atoms with Crippen molar-refractivity contribution < 1.29 is 0 Å². The van der Waals surface area contributed by atoms with E-state index >= 15 is 0 Å². The number of benzene rings is 1. The van der Waals surface area contributed by atoms with Gasteiger partial charge in [-0.1, -0.05) is 41.4 Å². The van der Waals surface area contributed by atoms with Gasteiger partial charge in [-0.15, -0.1) is 0 Å². The van der Waals surface area contributed by atoms with Gasteiger partial charge < -0.3 is 5.73 Å². The molecular weight excluding hydrogens is 288 g/mol.